The van der Waals surface area contributed by atoms with Crippen LogP contribution in [0.25, 0.3) is 5.57 Å². The van der Waals surface area contributed by atoms with Gasteiger partial charge in [-0.2, -0.15) is 5.10 Å². The van der Waals surface area contributed by atoms with Crippen LogP contribution in [0.2, 0.25) is 0 Å². The minimum Gasteiger partial charge on any atom is -0.483 e. The largest absolute Gasteiger partial charge is 0.483 e. The van der Waals surface area contributed by atoms with E-state index >= 15 is 0 Å². The first kappa shape index (κ1) is 23.5. The number of benzene rings is 2. The van der Waals surface area contributed by atoms with Gasteiger partial charge in [-0.25, -0.2) is 9.82 Å². The second kappa shape index (κ2) is 9.53. The molecule has 1 heterocycles. The number of likely N-dealkylation sites (N-methyl/N-ethyl adjacent to an activating group) is 1. The lowest BCUT2D eigenvalue weighted by atomic mass is 9.88. The fourth-order valence-corrected chi connectivity index (χ4v) is 4.89. The lowest BCUT2D eigenvalue weighted by molar-refractivity contribution is -0.123. The van der Waals surface area contributed by atoms with E-state index in [1.807, 2.05) is 19.1 Å². The summed E-state index contributed by atoms with van der Waals surface area (Å²) in [6.07, 6.45) is 3.49. The molecule has 2 aromatic carbocycles. The maximum atomic E-state index is 14.8. The number of allylic oxidation sites excluding steroid dienone is 1. The summed E-state index contributed by atoms with van der Waals surface area (Å²) in [5.41, 5.74) is 5.39. The minimum atomic E-state index is -0.445. The number of hydrazone groups is 1. The molecule has 1 aliphatic rings. The fourth-order valence-electron chi connectivity index (χ4n) is 3.73. The van der Waals surface area contributed by atoms with Crippen LogP contribution in [0.4, 0.5) is 10.1 Å². The monoisotopic (exact) mass is 551 g/mol. The molecule has 31 heavy (non-hydrogen) atoms. The Morgan fingerprint density at radius 1 is 1.29 bits per heavy atom. The van der Waals surface area contributed by atoms with Gasteiger partial charge in [0.25, 0.3) is 5.91 Å². The lowest BCUT2D eigenvalue weighted by Crippen LogP contribution is -2.45. The molecule has 0 aromatic heterocycles. The SMILES string of the molecule is CCN1c2cc(F)c(/C=N/NC(=O)COc3ccc(Br)cc3Br)cc2C(C)=CC1(C)C. The molecule has 0 radical (unpaired) electrons. The van der Waals surface area contributed by atoms with Crippen molar-refractivity contribution in [3.63, 3.8) is 0 Å². The minimum absolute atomic E-state index is 0.189. The Bertz CT molecular complexity index is 1070. The van der Waals surface area contributed by atoms with Crippen molar-refractivity contribution in [2.24, 2.45) is 5.10 Å². The van der Waals surface area contributed by atoms with Crippen LogP contribution in [0.3, 0.4) is 0 Å². The summed E-state index contributed by atoms with van der Waals surface area (Å²) in [5.74, 6) is -0.302. The summed E-state index contributed by atoms with van der Waals surface area (Å²) in [5, 5.41) is 3.90. The van der Waals surface area contributed by atoms with Crippen molar-refractivity contribution in [3.8, 4) is 5.75 Å². The van der Waals surface area contributed by atoms with E-state index in [-0.39, 0.29) is 12.1 Å². The topological polar surface area (TPSA) is 53.9 Å². The number of ether oxygens (including phenoxy) is 1. The number of halogens is 3. The number of nitrogens with one attached hydrogen (secondary N) is 1. The number of rotatable bonds is 6. The van der Waals surface area contributed by atoms with Crippen LogP contribution < -0.4 is 15.1 Å². The predicted octanol–water partition coefficient (Wildman–Crippen LogP) is 5.90. The molecule has 2 aromatic rings. The molecule has 0 atom stereocenters. The lowest BCUT2D eigenvalue weighted by Gasteiger charge is -2.42. The van der Waals surface area contributed by atoms with Crippen molar-refractivity contribution in [1.29, 1.82) is 0 Å². The second-order valence-electron chi connectivity index (χ2n) is 7.77. The zero-order chi connectivity index (χ0) is 22.8. The summed E-state index contributed by atoms with van der Waals surface area (Å²) in [6, 6.07) is 8.67. The normalized spacial score (nSPS) is 14.9. The van der Waals surface area contributed by atoms with Crippen molar-refractivity contribution < 1.29 is 13.9 Å². The summed E-state index contributed by atoms with van der Waals surface area (Å²) in [6.45, 7) is 8.85. The van der Waals surface area contributed by atoms with Crippen LogP contribution in [-0.4, -0.2) is 30.8 Å². The summed E-state index contributed by atoms with van der Waals surface area (Å²) >= 11 is 6.73. The van der Waals surface area contributed by atoms with E-state index in [1.54, 1.807) is 12.1 Å². The molecule has 0 spiro atoms. The van der Waals surface area contributed by atoms with Crippen LogP contribution in [0.15, 0.2) is 50.5 Å². The number of fused-ring (bicyclic) bond motifs is 1. The molecule has 0 unspecified atom stereocenters. The highest BCUT2D eigenvalue weighted by molar-refractivity contribution is 9.11. The third-order valence-electron chi connectivity index (χ3n) is 5.06. The number of anilines is 1. The van der Waals surface area contributed by atoms with E-state index < -0.39 is 11.7 Å². The molecule has 1 amide bonds. The molecule has 8 heteroatoms. The van der Waals surface area contributed by atoms with E-state index in [9.17, 15) is 9.18 Å². The van der Waals surface area contributed by atoms with Crippen LogP contribution in [-0.2, 0) is 4.79 Å². The maximum absolute atomic E-state index is 14.8. The number of nitrogens with zero attached hydrogens (tertiary/aromatic N) is 2. The summed E-state index contributed by atoms with van der Waals surface area (Å²) in [4.78, 5) is 14.2. The number of carbonyl (C=O) groups is 1. The van der Waals surface area contributed by atoms with Crippen LogP contribution in [0.5, 0.6) is 5.75 Å². The standard InChI is InChI=1S/C23H24Br2FN3O2/c1-5-29-20-10-19(26)15(8-17(20)14(2)11-23(29,3)4)12-27-28-22(30)13-31-21-7-6-16(24)9-18(21)25/h6-12H,5,13H2,1-4H3,(H,28,30)/b27-12+. The van der Waals surface area contributed by atoms with Crippen molar-refractivity contribution in [3.05, 3.63) is 62.3 Å². The molecular weight excluding hydrogens is 529 g/mol. The van der Waals surface area contributed by atoms with Gasteiger partial charge in [0, 0.05) is 27.8 Å². The smallest absolute Gasteiger partial charge is 0.277 e. The first-order valence-electron chi connectivity index (χ1n) is 9.83. The van der Waals surface area contributed by atoms with Gasteiger partial charge in [0.1, 0.15) is 11.6 Å². The third kappa shape index (κ3) is 5.36. The van der Waals surface area contributed by atoms with E-state index in [2.05, 4.69) is 74.1 Å². The van der Waals surface area contributed by atoms with Gasteiger partial charge in [-0.15, -0.1) is 0 Å². The fraction of sp³-hybridized carbons (Fsp3) is 0.304. The Kier molecular flexibility index (Phi) is 7.21. The molecule has 0 aliphatic carbocycles. The highest BCUT2D eigenvalue weighted by Gasteiger charge is 2.30. The van der Waals surface area contributed by atoms with E-state index in [4.69, 9.17) is 4.74 Å². The Hall–Kier alpha value is -2.19. The Balaban J connectivity index is 1.69. The molecule has 164 valence electrons. The second-order valence-corrected chi connectivity index (χ2v) is 9.54. The molecule has 3 rings (SSSR count). The summed E-state index contributed by atoms with van der Waals surface area (Å²) in [7, 11) is 0. The Morgan fingerprint density at radius 3 is 2.71 bits per heavy atom. The molecule has 1 N–H and O–H groups in total. The van der Waals surface area contributed by atoms with E-state index in [0.717, 1.165) is 32.3 Å². The molecule has 5 nitrogen and oxygen atoms in total. The van der Waals surface area contributed by atoms with Crippen molar-refractivity contribution in [1.82, 2.24) is 5.43 Å². The number of hydrogen-bond donors (Lipinski definition) is 1. The highest BCUT2D eigenvalue weighted by Crippen LogP contribution is 2.39. The van der Waals surface area contributed by atoms with Crippen LogP contribution >= 0.6 is 31.9 Å². The molecule has 0 saturated heterocycles. The quantitative estimate of drug-likeness (QED) is 0.358. The average Bonchev–Trinajstić information content (AvgIpc) is 2.68. The van der Waals surface area contributed by atoms with E-state index in [0.29, 0.717) is 11.3 Å². The van der Waals surface area contributed by atoms with Gasteiger partial charge in [0.15, 0.2) is 6.61 Å². The average molecular weight is 553 g/mol. The van der Waals surface area contributed by atoms with Gasteiger partial charge in [-0.1, -0.05) is 22.0 Å². The van der Waals surface area contributed by atoms with Crippen LogP contribution in [0, 0.1) is 5.82 Å². The molecular formula is C23H24Br2FN3O2. The van der Waals surface area contributed by atoms with Gasteiger partial charge in [-0.3, -0.25) is 4.79 Å². The van der Waals surface area contributed by atoms with Gasteiger partial charge >= 0.3 is 0 Å². The predicted molar refractivity (Wildman–Crippen MR) is 130 cm³/mol. The van der Waals surface area contributed by atoms with Gasteiger partial charge in [0.05, 0.1) is 16.2 Å². The van der Waals surface area contributed by atoms with Crippen molar-refractivity contribution >= 4 is 55.2 Å². The number of carbonyl (C=O) groups excluding carboxylic acids is 1. The zero-order valence-corrected chi connectivity index (χ0v) is 21.0. The van der Waals surface area contributed by atoms with Crippen LogP contribution in [0.1, 0.15) is 38.8 Å². The van der Waals surface area contributed by atoms with E-state index in [1.165, 1.54) is 12.3 Å². The summed E-state index contributed by atoms with van der Waals surface area (Å²) < 4.78 is 21.8. The molecule has 0 fully saturated rings. The van der Waals surface area contributed by atoms with Gasteiger partial charge in [-0.05, 0) is 79.5 Å². The first-order chi connectivity index (χ1) is 14.6. The molecule has 1 aliphatic heterocycles. The van der Waals surface area contributed by atoms with Gasteiger partial charge in [0.2, 0.25) is 0 Å². The first-order valence-corrected chi connectivity index (χ1v) is 11.4. The van der Waals surface area contributed by atoms with Crippen molar-refractivity contribution in [2.45, 2.75) is 33.2 Å². The zero-order valence-electron chi connectivity index (χ0n) is 17.8. The van der Waals surface area contributed by atoms with Crippen molar-refractivity contribution in [2.75, 3.05) is 18.1 Å². The molecule has 0 saturated carbocycles. The highest BCUT2D eigenvalue weighted by atomic mass is 79.9. The third-order valence-corrected chi connectivity index (χ3v) is 6.17. The Morgan fingerprint density at radius 2 is 2.03 bits per heavy atom. The molecule has 0 bridgehead atoms. The van der Waals surface area contributed by atoms with Gasteiger partial charge < -0.3 is 9.64 Å². The number of amides is 1. The number of hydrogen-bond acceptors (Lipinski definition) is 4. The Labute approximate surface area is 198 Å². The maximum Gasteiger partial charge on any atom is 0.277 e.